The molecule has 2 heterocycles. The molecule has 1 aromatic rings. The lowest BCUT2D eigenvalue weighted by Crippen LogP contribution is -2.44. The molecule has 1 aromatic heterocycles. The van der Waals surface area contributed by atoms with Crippen LogP contribution in [-0.2, 0) is 19.5 Å². The summed E-state index contributed by atoms with van der Waals surface area (Å²) in [6, 6.07) is 0. The molecule has 26 heavy (non-hydrogen) atoms. The monoisotopic (exact) mass is 406 g/mol. The van der Waals surface area contributed by atoms with E-state index in [1.807, 2.05) is 0 Å². The molecule has 146 valence electrons. The number of nitrogens with zero attached hydrogens (tertiary/aromatic N) is 2. The molecule has 9 nitrogen and oxygen atoms in total. The van der Waals surface area contributed by atoms with Gasteiger partial charge in [-0.2, -0.15) is 0 Å². The smallest absolute Gasteiger partial charge is 0.423 e. The van der Waals surface area contributed by atoms with Gasteiger partial charge in [0.15, 0.2) is 9.90 Å². The van der Waals surface area contributed by atoms with Gasteiger partial charge in [-0.1, -0.05) is 11.2 Å². The number of rotatable bonds is 9. The van der Waals surface area contributed by atoms with Crippen LogP contribution in [0.4, 0.5) is 5.82 Å². The van der Waals surface area contributed by atoms with E-state index >= 15 is 0 Å². The zero-order chi connectivity index (χ0) is 19.5. The minimum absolute atomic E-state index is 0.146. The summed E-state index contributed by atoms with van der Waals surface area (Å²) in [5, 5.41) is 22.6. The molecule has 0 amide bonds. The minimum atomic E-state index is -4.01. The highest BCUT2D eigenvalue weighted by Crippen LogP contribution is 2.43. The summed E-state index contributed by atoms with van der Waals surface area (Å²) in [7, 11) is -4.18. The minimum Gasteiger partial charge on any atom is -0.423 e. The van der Waals surface area contributed by atoms with Crippen molar-refractivity contribution in [2.24, 2.45) is 0 Å². The molecule has 0 radical (unpaired) electrons. The van der Waals surface area contributed by atoms with E-state index in [-0.39, 0.29) is 30.4 Å². The summed E-state index contributed by atoms with van der Waals surface area (Å²) in [6.45, 7) is 5.17. The van der Waals surface area contributed by atoms with Crippen molar-refractivity contribution in [1.82, 2.24) is 5.16 Å². The summed E-state index contributed by atoms with van der Waals surface area (Å²) >= 11 is 1.09. The SMILES string of the molecule is COCCOCN(c1noc(C)c1C)S(=O)(=O)C1(C)C=C(B(O)O)CS1. The van der Waals surface area contributed by atoms with Crippen molar-refractivity contribution in [2.45, 2.75) is 24.9 Å². The number of sulfonamides is 1. The van der Waals surface area contributed by atoms with E-state index in [4.69, 9.17) is 14.0 Å². The Morgan fingerprint density at radius 1 is 1.42 bits per heavy atom. The van der Waals surface area contributed by atoms with E-state index in [0.717, 1.165) is 16.1 Å². The van der Waals surface area contributed by atoms with Gasteiger partial charge in [0, 0.05) is 18.4 Å². The Kier molecular flexibility index (Phi) is 6.80. The van der Waals surface area contributed by atoms with Crippen LogP contribution in [0.15, 0.2) is 16.1 Å². The van der Waals surface area contributed by atoms with Gasteiger partial charge >= 0.3 is 7.12 Å². The number of hydrogen-bond donors (Lipinski definition) is 2. The molecular weight excluding hydrogens is 383 g/mol. The van der Waals surface area contributed by atoms with Crippen LogP contribution in [0.25, 0.3) is 0 Å². The number of aryl methyl sites for hydroxylation is 1. The first-order valence-electron chi connectivity index (χ1n) is 7.87. The Bertz CT molecular complexity index is 765. The van der Waals surface area contributed by atoms with Gasteiger partial charge in [0.2, 0.25) is 0 Å². The predicted molar refractivity (Wildman–Crippen MR) is 99.2 cm³/mol. The lowest BCUT2D eigenvalue weighted by atomic mass is 9.80. The Morgan fingerprint density at radius 3 is 2.62 bits per heavy atom. The normalized spacial score (nSPS) is 20.3. The van der Waals surface area contributed by atoms with Gasteiger partial charge in [-0.3, -0.25) is 0 Å². The number of methoxy groups -OCH3 is 1. The number of hydrogen-bond acceptors (Lipinski definition) is 9. The van der Waals surface area contributed by atoms with Gasteiger partial charge in [-0.25, -0.2) is 12.7 Å². The Balaban J connectivity index is 2.38. The third-order valence-electron chi connectivity index (χ3n) is 4.12. The van der Waals surface area contributed by atoms with E-state index in [0.29, 0.717) is 17.9 Å². The average Bonchev–Trinajstić information content (AvgIpc) is 3.13. The molecule has 1 aliphatic rings. The summed E-state index contributed by atoms with van der Waals surface area (Å²) in [5.41, 5.74) is 0.830. The van der Waals surface area contributed by atoms with Crippen molar-refractivity contribution < 1.29 is 32.5 Å². The molecule has 0 bridgehead atoms. The van der Waals surface area contributed by atoms with Crippen molar-refractivity contribution in [2.75, 3.05) is 37.1 Å². The second kappa shape index (κ2) is 8.32. The lowest BCUT2D eigenvalue weighted by Gasteiger charge is -2.30. The predicted octanol–water partition coefficient (Wildman–Crippen LogP) is 0.450. The summed E-state index contributed by atoms with van der Waals surface area (Å²) in [4.78, 5) is 0. The first kappa shape index (κ1) is 21.3. The Hall–Kier alpha value is -1.05. The second-order valence-corrected chi connectivity index (χ2v) is 9.89. The van der Waals surface area contributed by atoms with Gasteiger partial charge in [-0.15, -0.1) is 11.8 Å². The molecule has 1 unspecified atom stereocenters. The van der Waals surface area contributed by atoms with Crippen molar-refractivity contribution >= 4 is 34.7 Å². The van der Waals surface area contributed by atoms with Gasteiger partial charge < -0.3 is 24.0 Å². The lowest BCUT2D eigenvalue weighted by molar-refractivity contribution is 0.0752. The maximum atomic E-state index is 13.4. The van der Waals surface area contributed by atoms with Crippen molar-refractivity contribution in [3.8, 4) is 0 Å². The zero-order valence-corrected chi connectivity index (χ0v) is 16.8. The van der Waals surface area contributed by atoms with E-state index in [2.05, 4.69) is 5.16 Å². The second-order valence-electron chi connectivity index (χ2n) is 5.97. The number of thioether (sulfide) groups is 1. The molecule has 12 heteroatoms. The van der Waals surface area contributed by atoms with Crippen LogP contribution in [0, 0.1) is 13.8 Å². The molecule has 0 fully saturated rings. The largest absolute Gasteiger partial charge is 0.484 e. The van der Waals surface area contributed by atoms with Gasteiger partial charge in [0.05, 0.1) is 13.2 Å². The van der Waals surface area contributed by atoms with Gasteiger partial charge in [-0.05, 0) is 26.2 Å². The van der Waals surface area contributed by atoms with Crippen LogP contribution in [0.2, 0.25) is 0 Å². The van der Waals surface area contributed by atoms with Crippen molar-refractivity contribution in [1.29, 1.82) is 0 Å². The van der Waals surface area contributed by atoms with E-state index in [1.165, 1.54) is 20.1 Å². The van der Waals surface area contributed by atoms with Crippen LogP contribution in [0.3, 0.4) is 0 Å². The number of ether oxygens (including phenoxy) is 2. The van der Waals surface area contributed by atoms with Crippen LogP contribution >= 0.6 is 11.8 Å². The van der Waals surface area contributed by atoms with Gasteiger partial charge in [0.25, 0.3) is 10.0 Å². The van der Waals surface area contributed by atoms with Crippen LogP contribution in [0.5, 0.6) is 0 Å². The molecule has 1 aliphatic heterocycles. The van der Waals surface area contributed by atoms with Crippen molar-refractivity contribution in [3.63, 3.8) is 0 Å². The molecule has 2 rings (SSSR count). The first-order chi connectivity index (χ1) is 12.1. The van der Waals surface area contributed by atoms with E-state index in [9.17, 15) is 18.5 Å². The topological polar surface area (TPSA) is 122 Å². The molecule has 1 atom stereocenters. The summed E-state index contributed by atoms with van der Waals surface area (Å²) in [6.07, 6.45) is 1.36. The van der Waals surface area contributed by atoms with Crippen LogP contribution < -0.4 is 4.31 Å². The summed E-state index contributed by atoms with van der Waals surface area (Å²) < 4.78 is 41.8. The zero-order valence-electron chi connectivity index (χ0n) is 15.1. The third-order valence-corrected chi connectivity index (χ3v) is 8.27. The highest BCUT2D eigenvalue weighted by molar-refractivity contribution is 8.15. The third kappa shape index (κ3) is 4.10. The Labute approximate surface area is 157 Å². The van der Waals surface area contributed by atoms with E-state index < -0.39 is 21.2 Å². The molecule has 2 N–H and O–H groups in total. The molecule has 0 saturated carbocycles. The first-order valence-corrected chi connectivity index (χ1v) is 10.3. The fraction of sp³-hybridized carbons (Fsp3) is 0.643. The Morgan fingerprint density at radius 2 is 2.12 bits per heavy atom. The maximum absolute atomic E-state index is 13.4. The number of anilines is 1. The molecule has 0 saturated heterocycles. The number of aromatic nitrogens is 1. The van der Waals surface area contributed by atoms with Crippen LogP contribution in [0.1, 0.15) is 18.2 Å². The quantitative estimate of drug-likeness (QED) is 0.342. The molecular formula is C14H23BN2O7S2. The fourth-order valence-electron chi connectivity index (χ4n) is 2.34. The highest BCUT2D eigenvalue weighted by Gasteiger charge is 2.48. The molecule has 0 aliphatic carbocycles. The van der Waals surface area contributed by atoms with Crippen LogP contribution in [-0.4, -0.2) is 67.6 Å². The standard InChI is InChI=1S/C14H23BN2O7S2/c1-10-11(2)24-16-13(10)17(9-23-6-5-22-4)26(20,21)14(3)7-12(8-25-14)15(18)19/h7,18-19H,5-6,8-9H2,1-4H3. The fourth-order valence-corrected chi connectivity index (χ4v) is 5.65. The average molecular weight is 406 g/mol. The molecule has 0 aromatic carbocycles. The molecule has 0 spiro atoms. The highest BCUT2D eigenvalue weighted by atomic mass is 32.3. The van der Waals surface area contributed by atoms with Crippen molar-refractivity contribution in [3.05, 3.63) is 22.9 Å². The maximum Gasteiger partial charge on any atom is 0.484 e. The van der Waals surface area contributed by atoms with Gasteiger partial charge in [0.1, 0.15) is 12.5 Å². The van der Waals surface area contributed by atoms with E-state index in [1.54, 1.807) is 13.8 Å². The summed E-state index contributed by atoms with van der Waals surface area (Å²) in [5.74, 6) is 0.847.